The molecule has 17 nitrogen and oxygen atoms in total. The predicted octanol–water partition coefficient (Wildman–Crippen LogP) is -1.92. The van der Waals surface area contributed by atoms with Gasteiger partial charge in [0.05, 0.1) is 45.8 Å². The maximum atomic E-state index is 10.6. The van der Waals surface area contributed by atoms with Crippen LogP contribution in [0.15, 0.2) is 26.3 Å². The molecule has 0 aromatic carbocycles. The van der Waals surface area contributed by atoms with E-state index in [1.54, 1.807) is 0 Å². The lowest BCUT2D eigenvalue weighted by molar-refractivity contribution is -0.146. The minimum atomic E-state index is -1.26. The molecule has 7 N–H and O–H groups in total. The van der Waals surface area contributed by atoms with Crippen molar-refractivity contribution in [2.75, 3.05) is 58.9 Å². The van der Waals surface area contributed by atoms with Crippen LogP contribution in [-0.2, 0) is 33.6 Å². The van der Waals surface area contributed by atoms with E-state index in [1.165, 1.54) is 0 Å². The van der Waals surface area contributed by atoms with Crippen LogP contribution in [0, 0.1) is 0 Å². The van der Waals surface area contributed by atoms with Crippen molar-refractivity contribution < 1.29 is 69.3 Å². The van der Waals surface area contributed by atoms with Gasteiger partial charge in [0.15, 0.2) is 0 Å². The van der Waals surface area contributed by atoms with Gasteiger partial charge >= 0.3 is 41.8 Å². The molecule has 0 spiro atoms. The van der Waals surface area contributed by atoms with E-state index in [0.717, 1.165) is 14.7 Å². The predicted molar refractivity (Wildman–Crippen MR) is 125 cm³/mol. The average Bonchev–Trinajstić information content (AvgIpc) is 2.72. The fraction of sp³-hybridized carbons (Fsp3) is 0.450. The van der Waals surface area contributed by atoms with Gasteiger partial charge in [-0.2, -0.15) is 0 Å². The van der Waals surface area contributed by atoms with Crippen LogP contribution in [-0.4, -0.2) is 151 Å². The molecule has 212 valence electrons. The molecule has 0 aliphatic heterocycles. The Labute approximate surface area is 211 Å². The topological polar surface area (TPSA) is 271 Å². The van der Waals surface area contributed by atoms with Gasteiger partial charge in [0, 0.05) is 13.1 Å². The lowest BCUT2D eigenvalue weighted by Crippen LogP contribution is -2.43. The summed E-state index contributed by atoms with van der Waals surface area (Å²) in [5.41, 5.74) is 0. The van der Waals surface area contributed by atoms with Gasteiger partial charge in [0.25, 0.3) is 0 Å². The summed E-state index contributed by atoms with van der Waals surface area (Å²) in [5, 5.41) is 59.3. The number of carbonyl (C=O) groups is 7. The molecular weight excluding hydrogens is 506 g/mol. The zero-order chi connectivity index (χ0) is 30.1. The summed E-state index contributed by atoms with van der Waals surface area (Å²) in [6.07, 6.45) is 0. The maximum Gasteiger partial charge on any atom is 0.317 e. The third-order valence-corrected chi connectivity index (χ3v) is 3.24. The molecule has 0 fully saturated rings. The molecule has 0 bridgehead atoms. The molecule has 0 aromatic heterocycles. The molecule has 0 saturated heterocycles. The van der Waals surface area contributed by atoms with Gasteiger partial charge < -0.3 is 35.7 Å². The van der Waals surface area contributed by atoms with Gasteiger partial charge in [-0.05, 0) is 0 Å². The first-order chi connectivity index (χ1) is 17.1. The monoisotopic (exact) mass is 539 g/mol. The van der Waals surface area contributed by atoms with E-state index in [0.29, 0.717) is 0 Å². The van der Waals surface area contributed by atoms with Crippen molar-refractivity contribution in [2.24, 2.45) is 0 Å². The summed E-state index contributed by atoms with van der Waals surface area (Å²) in [6, 6.07) is 0. The first kappa shape index (κ1) is 39.8. The number of nitrogens with zero attached hydrogens (tertiary/aromatic N) is 3. The van der Waals surface area contributed by atoms with Crippen LogP contribution in [0.3, 0.4) is 0 Å². The van der Waals surface area contributed by atoms with Crippen molar-refractivity contribution in [1.29, 1.82) is 0 Å². The summed E-state index contributed by atoms with van der Waals surface area (Å²) < 4.78 is 0. The van der Waals surface area contributed by atoms with Gasteiger partial charge in [-0.25, -0.2) is 0 Å². The van der Waals surface area contributed by atoms with E-state index >= 15 is 0 Å². The molecule has 17 heteroatoms. The second-order valence-electron chi connectivity index (χ2n) is 6.32. The fourth-order valence-corrected chi connectivity index (χ4v) is 2.22. The van der Waals surface area contributed by atoms with Crippen LogP contribution in [0.5, 0.6) is 0 Å². The van der Waals surface area contributed by atoms with Crippen LogP contribution < -0.4 is 0 Å². The van der Waals surface area contributed by atoms with Gasteiger partial charge in [-0.15, -0.1) is 26.3 Å². The third-order valence-electron chi connectivity index (χ3n) is 3.24. The number of hydrogen-bond acceptors (Lipinski definition) is 10. The Balaban J connectivity index is -0.000000276. The van der Waals surface area contributed by atoms with Crippen LogP contribution in [0.2, 0.25) is 0 Å². The Kier molecular flexibility index (Phi) is 26.7. The van der Waals surface area contributed by atoms with Gasteiger partial charge in [0.1, 0.15) is 0 Å². The highest BCUT2D eigenvalue weighted by Gasteiger charge is 2.18. The Morgan fingerprint density at radius 1 is 0.351 bits per heavy atom. The Hall–Kier alpha value is -4.35. The summed E-state index contributed by atoms with van der Waals surface area (Å²) in [4.78, 5) is 75.6. The molecule has 0 aromatic rings. The molecule has 0 atom stereocenters. The van der Waals surface area contributed by atoms with Crippen molar-refractivity contribution in [2.45, 2.75) is 0 Å². The van der Waals surface area contributed by atoms with E-state index in [-0.39, 0.29) is 13.1 Å². The zero-order valence-electron chi connectivity index (χ0n) is 20.0. The van der Waals surface area contributed by atoms with E-state index in [4.69, 9.17) is 35.7 Å². The molecule has 0 radical (unpaired) electrons. The molecular formula is C20H33N3O14. The highest BCUT2D eigenvalue weighted by atomic mass is 16.4. The number of aliphatic carboxylic acids is 7. The largest absolute Gasteiger partial charge is 0.480 e. The number of rotatable bonds is 17. The minimum Gasteiger partial charge on any atom is -0.480 e. The number of hydrogen-bond donors (Lipinski definition) is 7. The second kappa shape index (κ2) is 24.8. The van der Waals surface area contributed by atoms with Crippen LogP contribution >= 0.6 is 0 Å². The maximum absolute atomic E-state index is 10.6. The number of carboxylic acids is 7. The highest BCUT2D eigenvalue weighted by Crippen LogP contribution is 1.94. The molecule has 0 saturated carbocycles. The number of carboxylic acid groups (broad SMARTS) is 7. The third kappa shape index (κ3) is 33.9. The molecule has 0 amide bonds. The van der Waals surface area contributed by atoms with Crippen LogP contribution in [0.4, 0.5) is 0 Å². The van der Waals surface area contributed by atoms with E-state index in [2.05, 4.69) is 26.3 Å². The summed E-state index contributed by atoms with van der Waals surface area (Å²) in [6.45, 7) is 7.95. The van der Waals surface area contributed by atoms with Gasteiger partial charge in [-0.3, -0.25) is 48.3 Å². The van der Waals surface area contributed by atoms with Crippen LogP contribution in [0.25, 0.3) is 0 Å². The second-order valence-corrected chi connectivity index (χ2v) is 6.32. The SMILES string of the molecule is C=C.C=C.O=C(O)CN(CC(=O)O)CC(=O)O.O=C(O)CN(CCN(CC(=O)O)CC(=O)O)CC(=O)O. The summed E-state index contributed by atoms with van der Waals surface area (Å²) in [5.74, 6) is -8.69. The van der Waals surface area contributed by atoms with Crippen LogP contribution in [0.1, 0.15) is 0 Å². The van der Waals surface area contributed by atoms with Crippen molar-refractivity contribution >= 4 is 41.8 Å². The molecule has 0 aliphatic rings. The van der Waals surface area contributed by atoms with Crippen molar-refractivity contribution in [3.8, 4) is 0 Å². The fourth-order valence-electron chi connectivity index (χ4n) is 2.22. The highest BCUT2D eigenvalue weighted by molar-refractivity contribution is 5.76. The lowest BCUT2D eigenvalue weighted by Gasteiger charge is -2.23. The standard InChI is InChI=1S/C10H16N2O8.C6H9NO6.2C2H4/c13-7(14)3-11(4-8(15)16)1-2-12(5-9(17)18)6-10(19)20;8-4(9)1-7(2-5(10)11)3-6(12)13;2*1-2/h1-6H2,(H,13,14)(H,15,16)(H,17,18)(H,19,20);1-3H2,(H,8,9)(H,10,11)(H,12,13);2*1-2H2. The first-order valence-electron chi connectivity index (χ1n) is 9.82. The molecule has 37 heavy (non-hydrogen) atoms. The molecule has 0 rings (SSSR count). The normalized spacial score (nSPS) is 9.49. The summed E-state index contributed by atoms with van der Waals surface area (Å²) >= 11 is 0. The van der Waals surface area contributed by atoms with Gasteiger partial charge in [-0.1, -0.05) is 0 Å². The molecule has 0 heterocycles. The first-order valence-corrected chi connectivity index (χ1v) is 9.82. The quantitative estimate of drug-likeness (QED) is 0.0991. The Bertz CT molecular complexity index is 651. The summed E-state index contributed by atoms with van der Waals surface area (Å²) in [7, 11) is 0. The zero-order valence-corrected chi connectivity index (χ0v) is 20.0. The lowest BCUT2D eigenvalue weighted by atomic mass is 10.4. The Morgan fingerprint density at radius 3 is 0.622 bits per heavy atom. The van der Waals surface area contributed by atoms with Crippen molar-refractivity contribution in [3.05, 3.63) is 26.3 Å². The smallest absolute Gasteiger partial charge is 0.317 e. The van der Waals surface area contributed by atoms with E-state index in [9.17, 15) is 33.6 Å². The van der Waals surface area contributed by atoms with Gasteiger partial charge in [0.2, 0.25) is 0 Å². The van der Waals surface area contributed by atoms with E-state index < -0.39 is 87.6 Å². The molecule has 0 aliphatic carbocycles. The van der Waals surface area contributed by atoms with Crippen molar-refractivity contribution in [1.82, 2.24) is 14.7 Å². The van der Waals surface area contributed by atoms with Crippen molar-refractivity contribution in [3.63, 3.8) is 0 Å². The Morgan fingerprint density at radius 2 is 0.486 bits per heavy atom. The average molecular weight is 539 g/mol. The minimum absolute atomic E-state index is 0.0703. The van der Waals surface area contributed by atoms with E-state index in [1.807, 2.05) is 0 Å². The molecule has 0 unspecified atom stereocenters.